The normalized spacial score (nSPS) is 26.7. The van der Waals surface area contributed by atoms with Crippen molar-refractivity contribution >= 4 is 45.9 Å². The van der Waals surface area contributed by atoms with Crippen LogP contribution in [-0.4, -0.2) is 141 Å². The topological polar surface area (TPSA) is 289 Å². The van der Waals surface area contributed by atoms with E-state index >= 15 is 0 Å². The van der Waals surface area contributed by atoms with Crippen LogP contribution in [0.25, 0.3) is 22.3 Å². The third-order valence-corrected chi connectivity index (χ3v) is 8.16. The molecule has 0 saturated carbocycles. The molecule has 0 unspecified atom stereocenters. The zero-order valence-electron chi connectivity index (χ0n) is 26.3. The number of esters is 2. The van der Waals surface area contributed by atoms with Crippen molar-refractivity contribution in [1.29, 1.82) is 0 Å². The average molecular weight is 688 g/mol. The molecule has 4 aromatic rings. The maximum atomic E-state index is 11.7. The van der Waals surface area contributed by atoms with Crippen molar-refractivity contribution in [2.75, 3.05) is 43.5 Å². The van der Waals surface area contributed by atoms with Gasteiger partial charge in [0.2, 0.25) is 0 Å². The first-order chi connectivity index (χ1) is 23.7. The molecule has 6 rings (SSSR count). The lowest BCUT2D eigenvalue weighted by Gasteiger charge is -2.21. The fraction of sp³-hybridized carbons (Fsp3) is 0.571. The number of aromatic nitrogens is 8. The molecule has 0 bridgehead atoms. The number of unbranched alkanes of at least 4 members (excludes halogenated alkanes) is 1. The number of nitrogens with zero attached hydrogens (tertiary/aromatic N) is 8. The van der Waals surface area contributed by atoms with Gasteiger partial charge in [0.1, 0.15) is 49.8 Å². The SMILES string of the molecule is CC(=O)O[C@@H]1[C@H](O)[C@@H](CO)O[C@H]1n1cnc2c(NCCCCNc3ncnc4c3ncn4[C@@H]3O[C@H](COC(=O)CN)[C@@H](O)[C@H]3O)ncnc21. The van der Waals surface area contributed by atoms with Crippen molar-refractivity contribution in [1.82, 2.24) is 39.0 Å². The van der Waals surface area contributed by atoms with E-state index in [2.05, 4.69) is 40.5 Å². The Kier molecular flexibility index (Phi) is 10.4. The summed E-state index contributed by atoms with van der Waals surface area (Å²) in [5.41, 5.74) is 6.87. The standard InChI is InChI=1S/C28H37N11O10/c1-13(41)47-22-20(44)14(7-40)48-28(22)39-12-37-18-24(33-10-35-26(18)39)31-5-3-2-4-30-23-17-25(34-9-32-23)38(11-36-17)27-21(45)19(43)15(49-27)8-46-16(42)6-29/h9-12,14-15,19-22,27-28,40,43-45H,2-8,29H2,1H3,(H,30,32,34)(H,31,33,35)/t14-,15-,19-,20-,21-,22-,27-,28-/m1/s1. The highest BCUT2D eigenvalue weighted by Gasteiger charge is 2.47. The van der Waals surface area contributed by atoms with Crippen LogP contribution < -0.4 is 16.4 Å². The Hall–Kier alpha value is -4.64. The number of aliphatic hydroxyl groups is 4. The molecule has 0 spiro atoms. The number of aliphatic hydroxyl groups excluding tert-OH is 4. The first kappa shape index (κ1) is 34.2. The summed E-state index contributed by atoms with van der Waals surface area (Å²) in [6.07, 6.45) is -1.84. The number of nitrogens with two attached hydrogens (primary N) is 1. The molecule has 2 fully saturated rings. The Labute approximate surface area is 277 Å². The molecule has 8 N–H and O–H groups in total. The van der Waals surface area contributed by atoms with Crippen LogP contribution in [0.4, 0.5) is 11.6 Å². The Bertz CT molecular complexity index is 1770. The van der Waals surface area contributed by atoms with Crippen LogP contribution in [-0.2, 0) is 28.5 Å². The van der Waals surface area contributed by atoms with E-state index in [-0.39, 0.29) is 13.2 Å². The Morgan fingerprint density at radius 1 is 0.837 bits per heavy atom. The van der Waals surface area contributed by atoms with Crippen LogP contribution in [0.5, 0.6) is 0 Å². The molecule has 264 valence electrons. The lowest BCUT2D eigenvalue weighted by atomic mass is 10.1. The number of imidazole rings is 2. The third kappa shape index (κ3) is 6.94. The van der Waals surface area contributed by atoms with E-state index in [1.54, 1.807) is 0 Å². The summed E-state index contributed by atoms with van der Waals surface area (Å²) < 4.78 is 24.8. The van der Waals surface area contributed by atoms with Crippen LogP contribution in [0.3, 0.4) is 0 Å². The minimum Gasteiger partial charge on any atom is -0.462 e. The van der Waals surface area contributed by atoms with E-state index in [0.717, 1.165) is 12.8 Å². The van der Waals surface area contributed by atoms with Gasteiger partial charge in [-0.15, -0.1) is 0 Å². The summed E-state index contributed by atoms with van der Waals surface area (Å²) in [4.78, 5) is 49.1. The number of carbonyl (C=O) groups excluding carboxylic acids is 2. The number of hydrogen-bond donors (Lipinski definition) is 7. The number of fused-ring (bicyclic) bond motifs is 2. The zero-order valence-corrected chi connectivity index (χ0v) is 26.3. The first-order valence-corrected chi connectivity index (χ1v) is 15.5. The second-order valence-corrected chi connectivity index (χ2v) is 11.4. The molecular weight excluding hydrogens is 650 g/mol. The second kappa shape index (κ2) is 14.9. The molecule has 0 aliphatic carbocycles. The highest BCUT2D eigenvalue weighted by atomic mass is 16.6. The minimum atomic E-state index is -1.33. The van der Waals surface area contributed by atoms with Gasteiger partial charge in [0.15, 0.2) is 52.5 Å². The highest BCUT2D eigenvalue weighted by Crippen LogP contribution is 2.35. The van der Waals surface area contributed by atoms with Crippen molar-refractivity contribution < 1.29 is 49.0 Å². The highest BCUT2D eigenvalue weighted by molar-refractivity contribution is 5.83. The van der Waals surface area contributed by atoms with Gasteiger partial charge in [-0.25, -0.2) is 29.9 Å². The van der Waals surface area contributed by atoms with Gasteiger partial charge in [-0.2, -0.15) is 0 Å². The van der Waals surface area contributed by atoms with Crippen molar-refractivity contribution in [2.24, 2.45) is 5.73 Å². The Balaban J connectivity index is 1.03. The molecule has 2 saturated heterocycles. The predicted molar refractivity (Wildman–Crippen MR) is 165 cm³/mol. The number of carbonyl (C=O) groups is 2. The lowest BCUT2D eigenvalue weighted by molar-refractivity contribution is -0.155. The Morgan fingerprint density at radius 2 is 1.41 bits per heavy atom. The number of hydrogen-bond acceptors (Lipinski definition) is 19. The molecule has 0 radical (unpaired) electrons. The van der Waals surface area contributed by atoms with Gasteiger partial charge in [0.25, 0.3) is 0 Å². The van der Waals surface area contributed by atoms with Gasteiger partial charge in [0, 0.05) is 20.0 Å². The maximum Gasteiger partial charge on any atom is 0.319 e. The number of anilines is 2. The number of nitrogens with one attached hydrogen (secondary N) is 2. The summed E-state index contributed by atoms with van der Waals surface area (Å²) in [7, 11) is 0. The molecule has 2 aliphatic rings. The molecule has 21 heteroatoms. The number of ether oxygens (including phenoxy) is 4. The van der Waals surface area contributed by atoms with Crippen LogP contribution in [0, 0.1) is 0 Å². The van der Waals surface area contributed by atoms with Gasteiger partial charge in [-0.1, -0.05) is 0 Å². The van der Waals surface area contributed by atoms with E-state index in [1.807, 2.05) is 0 Å². The fourth-order valence-corrected chi connectivity index (χ4v) is 5.74. The molecule has 4 aromatic heterocycles. The quantitative estimate of drug-likeness (QED) is 0.0536. The van der Waals surface area contributed by atoms with E-state index in [9.17, 15) is 30.0 Å². The van der Waals surface area contributed by atoms with Crippen LogP contribution in [0.2, 0.25) is 0 Å². The first-order valence-electron chi connectivity index (χ1n) is 15.5. The summed E-state index contributed by atoms with van der Waals surface area (Å²) in [6.45, 7) is 1.24. The van der Waals surface area contributed by atoms with Gasteiger partial charge >= 0.3 is 11.9 Å². The fourth-order valence-electron chi connectivity index (χ4n) is 5.74. The van der Waals surface area contributed by atoms with Gasteiger partial charge in [0.05, 0.1) is 25.8 Å². The largest absolute Gasteiger partial charge is 0.462 e. The van der Waals surface area contributed by atoms with Crippen molar-refractivity contribution in [3.63, 3.8) is 0 Å². The molecule has 8 atom stereocenters. The van der Waals surface area contributed by atoms with Crippen LogP contribution in [0.1, 0.15) is 32.2 Å². The van der Waals surface area contributed by atoms with E-state index in [0.29, 0.717) is 47.1 Å². The lowest BCUT2D eigenvalue weighted by Crippen LogP contribution is -2.36. The van der Waals surface area contributed by atoms with Gasteiger partial charge in [-0.3, -0.25) is 18.7 Å². The second-order valence-electron chi connectivity index (χ2n) is 11.4. The third-order valence-electron chi connectivity index (χ3n) is 8.16. The van der Waals surface area contributed by atoms with Crippen molar-refractivity contribution in [2.45, 2.75) is 68.8 Å². The molecule has 0 amide bonds. The van der Waals surface area contributed by atoms with Crippen molar-refractivity contribution in [3.05, 3.63) is 25.3 Å². The zero-order chi connectivity index (χ0) is 34.7. The summed E-state index contributed by atoms with van der Waals surface area (Å²) in [5, 5.41) is 47.7. The molecule has 6 heterocycles. The van der Waals surface area contributed by atoms with Crippen molar-refractivity contribution in [3.8, 4) is 0 Å². The number of rotatable bonds is 14. The van der Waals surface area contributed by atoms with Gasteiger partial charge < -0.3 is 55.7 Å². The monoisotopic (exact) mass is 687 g/mol. The summed E-state index contributed by atoms with van der Waals surface area (Å²) >= 11 is 0. The van der Waals surface area contributed by atoms with E-state index in [4.69, 9.17) is 24.7 Å². The maximum absolute atomic E-state index is 11.7. The molecule has 0 aromatic carbocycles. The summed E-state index contributed by atoms with van der Waals surface area (Å²) in [6, 6.07) is 0. The summed E-state index contributed by atoms with van der Waals surface area (Å²) in [5.74, 6) is -0.325. The van der Waals surface area contributed by atoms with E-state index < -0.39 is 67.6 Å². The Morgan fingerprint density at radius 3 is 1.96 bits per heavy atom. The minimum absolute atomic E-state index is 0.274. The molecule has 21 nitrogen and oxygen atoms in total. The predicted octanol–water partition coefficient (Wildman–Crippen LogP) is -2.43. The van der Waals surface area contributed by atoms with E-state index in [1.165, 1.54) is 41.4 Å². The smallest absolute Gasteiger partial charge is 0.319 e. The van der Waals surface area contributed by atoms with Crippen LogP contribution in [0.15, 0.2) is 25.3 Å². The molecule has 49 heavy (non-hydrogen) atoms. The molecular formula is C28H37N11O10. The van der Waals surface area contributed by atoms with Crippen LogP contribution >= 0.6 is 0 Å². The van der Waals surface area contributed by atoms with Gasteiger partial charge in [-0.05, 0) is 12.8 Å². The molecule has 2 aliphatic heterocycles. The average Bonchev–Trinajstić information content (AvgIpc) is 3.86.